The van der Waals surface area contributed by atoms with Gasteiger partial charge in [0.25, 0.3) is 0 Å². The summed E-state index contributed by atoms with van der Waals surface area (Å²) in [7, 11) is 4.51. The van der Waals surface area contributed by atoms with E-state index in [4.69, 9.17) is 14.2 Å². The van der Waals surface area contributed by atoms with Crippen molar-refractivity contribution in [1.29, 1.82) is 0 Å². The summed E-state index contributed by atoms with van der Waals surface area (Å²) < 4.78 is 15.4. The second-order valence-corrected chi connectivity index (χ2v) is 7.71. The van der Waals surface area contributed by atoms with Crippen LogP contribution in [0.25, 0.3) is 0 Å². The SMILES string of the molecule is COC(=O)C[C@@H]1[C@H]2CCc3cc(OC)ccc3[C@H]2CC[C@]1(C)C(=O)OC. The summed E-state index contributed by atoms with van der Waals surface area (Å²) in [6.45, 7) is 1.95. The molecule has 0 saturated heterocycles. The zero-order valence-corrected chi connectivity index (χ0v) is 16.0. The molecule has 0 N–H and O–H groups in total. The van der Waals surface area contributed by atoms with Crippen LogP contribution in [0.2, 0.25) is 0 Å². The number of fused-ring (bicyclic) bond motifs is 3. The van der Waals surface area contributed by atoms with E-state index in [2.05, 4.69) is 12.1 Å². The third kappa shape index (κ3) is 3.08. The van der Waals surface area contributed by atoms with Crippen molar-refractivity contribution in [3.63, 3.8) is 0 Å². The molecule has 1 aromatic rings. The van der Waals surface area contributed by atoms with Crippen LogP contribution >= 0.6 is 0 Å². The summed E-state index contributed by atoms with van der Waals surface area (Å²) in [6.07, 6.45) is 3.79. The monoisotopic (exact) mass is 360 g/mol. The minimum absolute atomic E-state index is 0.0728. The van der Waals surface area contributed by atoms with Gasteiger partial charge >= 0.3 is 11.9 Å². The first-order valence-electron chi connectivity index (χ1n) is 9.26. The van der Waals surface area contributed by atoms with Crippen LogP contribution in [-0.2, 0) is 25.5 Å². The fourth-order valence-corrected chi connectivity index (χ4v) is 5.13. The lowest BCUT2D eigenvalue weighted by Gasteiger charge is -2.50. The molecule has 4 atom stereocenters. The van der Waals surface area contributed by atoms with Gasteiger partial charge in [-0.05, 0) is 73.6 Å². The van der Waals surface area contributed by atoms with Crippen molar-refractivity contribution in [3.05, 3.63) is 29.3 Å². The lowest BCUT2D eigenvalue weighted by Crippen LogP contribution is -2.48. The lowest BCUT2D eigenvalue weighted by atomic mass is 9.54. The Morgan fingerprint density at radius 1 is 1.15 bits per heavy atom. The molecule has 2 aliphatic rings. The average molecular weight is 360 g/mol. The van der Waals surface area contributed by atoms with Gasteiger partial charge in [0.2, 0.25) is 0 Å². The summed E-state index contributed by atoms with van der Waals surface area (Å²) in [5.74, 6) is 0.960. The maximum atomic E-state index is 12.6. The highest BCUT2D eigenvalue weighted by Gasteiger charge is 2.53. The van der Waals surface area contributed by atoms with Crippen molar-refractivity contribution in [3.8, 4) is 5.75 Å². The standard InChI is InChI=1S/C21H28O5/c1-21(20(23)26-4)10-9-16-15-8-6-14(24-2)11-13(15)5-7-17(16)18(21)12-19(22)25-3/h6,8,11,16-18H,5,7,9-10,12H2,1-4H3/t16-,17+,18-,21+/m1/s1. The van der Waals surface area contributed by atoms with Crippen LogP contribution in [0.1, 0.15) is 49.7 Å². The van der Waals surface area contributed by atoms with Crippen LogP contribution < -0.4 is 4.74 Å². The molecule has 0 heterocycles. The summed E-state index contributed by atoms with van der Waals surface area (Å²) in [4.78, 5) is 24.7. The Morgan fingerprint density at radius 3 is 2.58 bits per heavy atom. The number of esters is 2. The number of rotatable bonds is 4. The number of benzene rings is 1. The van der Waals surface area contributed by atoms with E-state index >= 15 is 0 Å². The van der Waals surface area contributed by atoms with Crippen LogP contribution in [0.3, 0.4) is 0 Å². The fraction of sp³-hybridized carbons (Fsp3) is 0.619. The van der Waals surface area contributed by atoms with Gasteiger partial charge in [-0.15, -0.1) is 0 Å². The molecular weight excluding hydrogens is 332 g/mol. The Balaban J connectivity index is 1.97. The summed E-state index contributed by atoms with van der Waals surface area (Å²) >= 11 is 0. The van der Waals surface area contributed by atoms with Gasteiger partial charge in [0, 0.05) is 6.42 Å². The van der Waals surface area contributed by atoms with Crippen molar-refractivity contribution in [1.82, 2.24) is 0 Å². The smallest absolute Gasteiger partial charge is 0.311 e. The van der Waals surface area contributed by atoms with E-state index < -0.39 is 5.41 Å². The van der Waals surface area contributed by atoms with Gasteiger partial charge in [0.15, 0.2) is 0 Å². The molecule has 0 amide bonds. The highest BCUT2D eigenvalue weighted by atomic mass is 16.5. The predicted molar refractivity (Wildman–Crippen MR) is 97.0 cm³/mol. The maximum absolute atomic E-state index is 12.6. The highest BCUT2D eigenvalue weighted by molar-refractivity contribution is 5.79. The molecule has 0 radical (unpaired) electrons. The molecule has 0 aromatic heterocycles. The lowest BCUT2D eigenvalue weighted by molar-refractivity contribution is -0.163. The van der Waals surface area contributed by atoms with Crippen molar-refractivity contribution < 1.29 is 23.8 Å². The molecule has 1 fully saturated rings. The van der Waals surface area contributed by atoms with E-state index in [1.165, 1.54) is 25.3 Å². The van der Waals surface area contributed by atoms with Crippen LogP contribution in [0.5, 0.6) is 5.75 Å². The molecule has 5 nitrogen and oxygen atoms in total. The van der Waals surface area contributed by atoms with E-state index in [-0.39, 0.29) is 30.2 Å². The van der Waals surface area contributed by atoms with Gasteiger partial charge in [0.1, 0.15) is 5.75 Å². The van der Waals surface area contributed by atoms with Crippen LogP contribution in [-0.4, -0.2) is 33.3 Å². The predicted octanol–water partition coefficient (Wildman–Crippen LogP) is 3.49. The summed E-state index contributed by atoms with van der Waals surface area (Å²) in [5, 5.41) is 0. The van der Waals surface area contributed by atoms with Crippen LogP contribution in [0.15, 0.2) is 18.2 Å². The largest absolute Gasteiger partial charge is 0.497 e. The quantitative estimate of drug-likeness (QED) is 0.769. The Labute approximate surface area is 155 Å². The molecular formula is C21H28O5. The van der Waals surface area contributed by atoms with Crippen molar-refractivity contribution >= 4 is 11.9 Å². The normalized spacial score (nSPS) is 29.9. The van der Waals surface area contributed by atoms with Crippen molar-refractivity contribution in [2.45, 2.75) is 44.9 Å². The van der Waals surface area contributed by atoms with Crippen LogP contribution in [0.4, 0.5) is 0 Å². The van der Waals surface area contributed by atoms with Gasteiger partial charge in [-0.1, -0.05) is 6.07 Å². The summed E-state index contributed by atoms with van der Waals surface area (Å²) in [6, 6.07) is 6.28. The number of hydrogen-bond donors (Lipinski definition) is 0. The van der Waals surface area contributed by atoms with Gasteiger partial charge in [-0.2, -0.15) is 0 Å². The highest BCUT2D eigenvalue weighted by Crippen LogP contribution is 2.56. The second-order valence-electron chi connectivity index (χ2n) is 7.71. The van der Waals surface area contributed by atoms with Crippen molar-refractivity contribution in [2.75, 3.05) is 21.3 Å². The van der Waals surface area contributed by atoms with E-state index in [9.17, 15) is 9.59 Å². The zero-order chi connectivity index (χ0) is 18.9. The number of methoxy groups -OCH3 is 3. The first-order valence-corrected chi connectivity index (χ1v) is 9.26. The molecule has 0 bridgehead atoms. The third-order valence-electron chi connectivity index (χ3n) is 6.59. The van der Waals surface area contributed by atoms with Gasteiger partial charge in [0.05, 0.1) is 26.7 Å². The third-order valence-corrected chi connectivity index (χ3v) is 6.59. The minimum Gasteiger partial charge on any atom is -0.497 e. The fourth-order valence-electron chi connectivity index (χ4n) is 5.13. The molecule has 0 spiro atoms. The molecule has 0 aliphatic heterocycles. The number of hydrogen-bond acceptors (Lipinski definition) is 5. The number of aryl methyl sites for hydroxylation is 1. The summed E-state index contributed by atoms with van der Waals surface area (Å²) in [5.41, 5.74) is 2.02. The minimum atomic E-state index is -0.645. The molecule has 1 aromatic carbocycles. The molecule has 1 saturated carbocycles. The number of ether oxygens (including phenoxy) is 3. The molecule has 5 heteroatoms. The molecule has 142 valence electrons. The van der Waals surface area contributed by atoms with E-state index in [0.717, 1.165) is 25.0 Å². The zero-order valence-electron chi connectivity index (χ0n) is 16.0. The second kappa shape index (κ2) is 7.29. The Morgan fingerprint density at radius 2 is 1.92 bits per heavy atom. The Bertz CT molecular complexity index is 698. The molecule has 2 aliphatic carbocycles. The van der Waals surface area contributed by atoms with E-state index in [0.29, 0.717) is 12.3 Å². The molecule has 3 rings (SSSR count). The maximum Gasteiger partial charge on any atom is 0.311 e. The van der Waals surface area contributed by atoms with Gasteiger partial charge < -0.3 is 14.2 Å². The molecule has 0 unspecified atom stereocenters. The first kappa shape index (κ1) is 18.7. The van der Waals surface area contributed by atoms with Gasteiger partial charge in [-0.3, -0.25) is 9.59 Å². The Kier molecular flexibility index (Phi) is 5.26. The number of carbonyl (C=O) groups excluding carboxylic acids is 2. The number of carbonyl (C=O) groups is 2. The van der Waals surface area contributed by atoms with E-state index in [1.807, 2.05) is 13.0 Å². The topological polar surface area (TPSA) is 61.8 Å². The molecule has 26 heavy (non-hydrogen) atoms. The average Bonchev–Trinajstić information content (AvgIpc) is 2.68. The van der Waals surface area contributed by atoms with Crippen molar-refractivity contribution in [2.24, 2.45) is 17.3 Å². The van der Waals surface area contributed by atoms with Gasteiger partial charge in [-0.25, -0.2) is 0 Å². The van der Waals surface area contributed by atoms with E-state index in [1.54, 1.807) is 7.11 Å². The Hall–Kier alpha value is -2.04. The first-order chi connectivity index (χ1) is 12.4. The van der Waals surface area contributed by atoms with Crippen LogP contribution in [0, 0.1) is 17.3 Å².